The zero-order valence-electron chi connectivity index (χ0n) is 16.4. The summed E-state index contributed by atoms with van der Waals surface area (Å²) in [5.41, 5.74) is 0.00835. The van der Waals surface area contributed by atoms with Crippen molar-refractivity contribution in [2.24, 2.45) is 0 Å². The summed E-state index contributed by atoms with van der Waals surface area (Å²) in [6, 6.07) is 0.420. The molecule has 0 spiro atoms. The number of H-pyrrole nitrogens is 1. The van der Waals surface area contributed by atoms with Crippen LogP contribution in [0.25, 0.3) is 0 Å². The van der Waals surface area contributed by atoms with Crippen LogP contribution in [-0.2, 0) is 0 Å². The van der Waals surface area contributed by atoms with Gasteiger partial charge in [-0.05, 0) is 32.1 Å². The van der Waals surface area contributed by atoms with E-state index in [1.165, 1.54) is 25.7 Å². The third-order valence-electron chi connectivity index (χ3n) is 6.23. The summed E-state index contributed by atoms with van der Waals surface area (Å²) >= 11 is 0. The zero-order valence-corrected chi connectivity index (χ0v) is 16.4. The van der Waals surface area contributed by atoms with Gasteiger partial charge in [-0.2, -0.15) is 0 Å². The number of carbonyl (C=O) groups excluding carboxylic acids is 1. The second kappa shape index (κ2) is 8.32. The minimum Gasteiger partial charge on any atom is -0.367 e. The molecule has 28 heavy (non-hydrogen) atoms. The Labute approximate surface area is 165 Å². The van der Waals surface area contributed by atoms with Crippen molar-refractivity contribution in [3.8, 4) is 0 Å². The van der Waals surface area contributed by atoms with Gasteiger partial charge in [-0.1, -0.05) is 19.3 Å². The highest BCUT2D eigenvalue weighted by molar-refractivity contribution is 5.83. The lowest BCUT2D eigenvalue weighted by Crippen LogP contribution is -2.55. The molecular weight excluding hydrogens is 356 g/mol. The molecule has 2 saturated heterocycles. The Morgan fingerprint density at radius 3 is 2.43 bits per heavy atom. The van der Waals surface area contributed by atoms with E-state index in [1.54, 1.807) is 0 Å². The van der Waals surface area contributed by atoms with E-state index in [2.05, 4.69) is 15.3 Å². The molecule has 2 amide bonds. The van der Waals surface area contributed by atoms with Crippen LogP contribution in [0, 0.1) is 5.41 Å². The van der Waals surface area contributed by atoms with E-state index in [9.17, 15) is 9.59 Å². The number of hydrogen-bond acceptors (Lipinski definition) is 5. The molecular formula is C20H30N6O2. The maximum Gasteiger partial charge on any atom is 0.320 e. The molecule has 1 aromatic rings. The second-order valence-electron chi connectivity index (χ2n) is 8.27. The summed E-state index contributed by atoms with van der Waals surface area (Å²) in [5.74, 6) is 1.19. The van der Waals surface area contributed by atoms with Gasteiger partial charge in [0.15, 0.2) is 0 Å². The fourth-order valence-corrected chi connectivity index (χ4v) is 4.47. The van der Waals surface area contributed by atoms with E-state index in [1.807, 2.05) is 9.80 Å². The summed E-state index contributed by atoms with van der Waals surface area (Å²) in [4.78, 5) is 36.3. The molecule has 3 aliphatic rings. The molecule has 1 aromatic heterocycles. The molecule has 8 nitrogen and oxygen atoms in total. The van der Waals surface area contributed by atoms with Gasteiger partial charge in [-0.25, -0.2) is 9.78 Å². The van der Waals surface area contributed by atoms with Gasteiger partial charge < -0.3 is 25.5 Å². The van der Waals surface area contributed by atoms with Gasteiger partial charge in [0.1, 0.15) is 11.6 Å². The number of urea groups is 1. The molecule has 1 aliphatic carbocycles. The summed E-state index contributed by atoms with van der Waals surface area (Å²) < 4.78 is 0. The fourth-order valence-electron chi connectivity index (χ4n) is 4.47. The van der Waals surface area contributed by atoms with Crippen molar-refractivity contribution in [1.29, 1.82) is 5.41 Å². The second-order valence-corrected chi connectivity index (χ2v) is 8.27. The van der Waals surface area contributed by atoms with Gasteiger partial charge in [0, 0.05) is 38.4 Å². The van der Waals surface area contributed by atoms with Gasteiger partial charge >= 0.3 is 6.03 Å². The fraction of sp³-hybridized carbons (Fsp3) is 0.700. The Kier molecular flexibility index (Phi) is 5.64. The molecule has 8 heteroatoms. The van der Waals surface area contributed by atoms with Gasteiger partial charge in [0.25, 0.3) is 5.56 Å². The predicted molar refractivity (Wildman–Crippen MR) is 108 cm³/mol. The normalized spacial score (nSPS) is 21.3. The number of piperidine rings is 1. The molecule has 3 N–H and O–H groups in total. The highest BCUT2D eigenvalue weighted by Crippen LogP contribution is 2.28. The van der Waals surface area contributed by atoms with Gasteiger partial charge in [0.2, 0.25) is 0 Å². The first-order valence-electron chi connectivity index (χ1n) is 10.6. The summed E-state index contributed by atoms with van der Waals surface area (Å²) in [6.45, 7) is 2.87. The van der Waals surface area contributed by atoms with Crippen molar-refractivity contribution >= 4 is 18.1 Å². The quantitative estimate of drug-likeness (QED) is 0.692. The number of hydrogen-bond donors (Lipinski definition) is 3. The van der Waals surface area contributed by atoms with Crippen LogP contribution in [0.2, 0.25) is 0 Å². The molecule has 0 aromatic carbocycles. The highest BCUT2D eigenvalue weighted by atomic mass is 16.2. The van der Waals surface area contributed by atoms with Gasteiger partial charge in [0.05, 0.1) is 11.5 Å². The number of aromatic nitrogens is 2. The van der Waals surface area contributed by atoms with Gasteiger partial charge in [-0.3, -0.25) is 4.79 Å². The van der Waals surface area contributed by atoms with Crippen LogP contribution < -0.4 is 10.9 Å². The van der Waals surface area contributed by atoms with E-state index < -0.39 is 0 Å². The van der Waals surface area contributed by atoms with Crippen molar-refractivity contribution in [2.45, 2.75) is 63.3 Å². The van der Waals surface area contributed by atoms with Crippen molar-refractivity contribution in [3.63, 3.8) is 0 Å². The number of carbonyl (C=O) groups is 1. The van der Waals surface area contributed by atoms with E-state index in [-0.39, 0.29) is 23.1 Å². The average Bonchev–Trinajstić information content (AvgIpc) is 2.68. The first-order valence-corrected chi connectivity index (χ1v) is 10.6. The lowest BCUT2D eigenvalue weighted by atomic mass is 9.95. The standard InChI is InChI=1S/C20H30N6O2/c21-11-16-18(22-15-7-3-1-4-8-15)23-17(24-19(16)27)14-12-26(13-14)20(28)25-9-5-2-6-10-25/h11,14-15,21H,1-10,12-13H2,(H2,22,23,24,27). The number of aromatic amines is 1. The minimum absolute atomic E-state index is 0.0492. The zero-order chi connectivity index (χ0) is 19.5. The molecule has 0 atom stereocenters. The van der Waals surface area contributed by atoms with Gasteiger partial charge in [-0.15, -0.1) is 0 Å². The molecule has 152 valence electrons. The molecule has 1 saturated carbocycles. The first-order chi connectivity index (χ1) is 13.7. The first kappa shape index (κ1) is 19.0. The van der Waals surface area contributed by atoms with Crippen LogP contribution in [0.4, 0.5) is 10.6 Å². The Morgan fingerprint density at radius 1 is 1.07 bits per heavy atom. The number of anilines is 1. The van der Waals surface area contributed by atoms with Crippen LogP contribution in [0.5, 0.6) is 0 Å². The SMILES string of the molecule is N=Cc1c(NC2CCCCC2)nc(C2CN(C(=O)N3CCCCC3)C2)[nH]c1=O. The number of nitrogens with one attached hydrogen (secondary N) is 3. The van der Waals surface area contributed by atoms with Crippen LogP contribution in [0.15, 0.2) is 4.79 Å². The van der Waals surface area contributed by atoms with Crippen molar-refractivity contribution in [2.75, 3.05) is 31.5 Å². The smallest absolute Gasteiger partial charge is 0.320 e. The molecule has 2 aliphatic heterocycles. The Morgan fingerprint density at radius 2 is 1.75 bits per heavy atom. The number of rotatable bonds is 4. The molecule has 0 bridgehead atoms. The molecule has 0 unspecified atom stereocenters. The monoisotopic (exact) mass is 386 g/mol. The van der Waals surface area contributed by atoms with Crippen LogP contribution in [-0.4, -0.2) is 64.2 Å². The van der Waals surface area contributed by atoms with Crippen molar-refractivity contribution in [3.05, 3.63) is 21.7 Å². The summed E-state index contributed by atoms with van der Waals surface area (Å²) in [6.07, 6.45) is 10.2. The maximum atomic E-state index is 12.6. The third kappa shape index (κ3) is 3.91. The Hall–Kier alpha value is -2.38. The van der Waals surface area contributed by atoms with Crippen LogP contribution in [0.1, 0.15) is 68.7 Å². The number of amides is 2. The van der Waals surface area contributed by atoms with Crippen LogP contribution >= 0.6 is 0 Å². The lowest BCUT2D eigenvalue weighted by molar-refractivity contribution is 0.105. The highest BCUT2D eigenvalue weighted by Gasteiger charge is 2.36. The van der Waals surface area contributed by atoms with E-state index in [4.69, 9.17) is 5.41 Å². The average molecular weight is 387 g/mol. The predicted octanol–water partition coefficient (Wildman–Crippen LogP) is 2.52. The largest absolute Gasteiger partial charge is 0.367 e. The number of nitrogens with zero attached hydrogens (tertiary/aromatic N) is 3. The van der Waals surface area contributed by atoms with E-state index >= 15 is 0 Å². The lowest BCUT2D eigenvalue weighted by Gasteiger charge is -2.42. The third-order valence-corrected chi connectivity index (χ3v) is 6.23. The summed E-state index contributed by atoms with van der Waals surface area (Å²) in [7, 11) is 0. The maximum absolute atomic E-state index is 12.6. The Bertz CT molecular complexity index is 773. The number of likely N-dealkylation sites (tertiary alicyclic amines) is 2. The Balaban J connectivity index is 1.44. The van der Waals surface area contributed by atoms with E-state index in [0.29, 0.717) is 30.8 Å². The topological polar surface area (TPSA) is 105 Å². The molecule has 3 fully saturated rings. The van der Waals surface area contributed by atoms with Crippen molar-refractivity contribution in [1.82, 2.24) is 19.8 Å². The van der Waals surface area contributed by atoms with E-state index in [0.717, 1.165) is 45.0 Å². The molecule has 0 radical (unpaired) electrons. The molecule has 3 heterocycles. The van der Waals surface area contributed by atoms with Crippen LogP contribution in [0.3, 0.4) is 0 Å². The molecule has 4 rings (SSSR count). The summed E-state index contributed by atoms with van der Waals surface area (Å²) in [5, 5.41) is 11.0. The van der Waals surface area contributed by atoms with Crippen molar-refractivity contribution < 1.29 is 4.79 Å². The minimum atomic E-state index is -0.279.